The van der Waals surface area contributed by atoms with Crippen molar-refractivity contribution in [2.75, 3.05) is 32.8 Å². The van der Waals surface area contributed by atoms with Crippen LogP contribution < -0.4 is 0 Å². The standard InChI is InChI=1S/C29H37N3O4S/c1-3-4-15-30-16-9-14-29-23(26(35)32(18-10-19-33)24(29)27(30)36)22-25(34)31(17-8-13-28(22,2)37-29)20-21-11-6-5-7-12-21/h5-9,11-14,22-24,33H,3-4,10,15-20H2,1-2H3/t22-,23-,24?,28+,29-/m0/s1. The molecule has 4 heterocycles. The number of unbranched alkanes of at least 4 members (excludes halogenated alkanes) is 1. The summed E-state index contributed by atoms with van der Waals surface area (Å²) in [6, 6.07) is 9.24. The topological polar surface area (TPSA) is 81.2 Å². The van der Waals surface area contributed by atoms with Crippen molar-refractivity contribution in [3.63, 3.8) is 0 Å². The number of nitrogens with zero attached hydrogens (tertiary/aromatic N) is 3. The van der Waals surface area contributed by atoms with Gasteiger partial charge in [-0.05, 0) is 25.3 Å². The molecule has 0 saturated carbocycles. The van der Waals surface area contributed by atoms with Crippen molar-refractivity contribution < 1.29 is 19.5 Å². The fourth-order valence-corrected chi connectivity index (χ4v) is 8.75. The molecule has 5 atom stereocenters. The number of thioether (sulfide) groups is 1. The van der Waals surface area contributed by atoms with Crippen LogP contribution in [0.2, 0.25) is 0 Å². The number of carbonyl (C=O) groups excluding carboxylic acids is 3. The lowest BCUT2D eigenvalue weighted by Crippen LogP contribution is -2.53. The molecule has 2 fully saturated rings. The molecule has 1 aromatic rings. The van der Waals surface area contributed by atoms with Gasteiger partial charge in [0.25, 0.3) is 0 Å². The largest absolute Gasteiger partial charge is 0.396 e. The van der Waals surface area contributed by atoms with E-state index in [1.807, 2.05) is 52.3 Å². The number of amides is 3. The number of hydrogen-bond acceptors (Lipinski definition) is 5. The lowest BCUT2D eigenvalue weighted by molar-refractivity contribution is -0.145. The highest BCUT2D eigenvalue weighted by molar-refractivity contribution is 8.02. The summed E-state index contributed by atoms with van der Waals surface area (Å²) >= 11 is 1.61. The SMILES string of the molecule is CCCCN1CC=C[C@]23S[C@]4(C)C=CCN(Cc5ccccc5)C(=O)[C@@H]4[C@H]2C(=O)N(CCCO)C3C1=O. The van der Waals surface area contributed by atoms with Gasteiger partial charge >= 0.3 is 0 Å². The van der Waals surface area contributed by atoms with Crippen molar-refractivity contribution in [1.29, 1.82) is 0 Å². The van der Waals surface area contributed by atoms with Crippen LogP contribution in [0.1, 0.15) is 38.7 Å². The third kappa shape index (κ3) is 4.32. The van der Waals surface area contributed by atoms with Crippen LogP contribution in [-0.2, 0) is 20.9 Å². The lowest BCUT2D eigenvalue weighted by atomic mass is 9.74. The number of fused-ring (bicyclic) bond motifs is 2. The Morgan fingerprint density at radius 1 is 0.919 bits per heavy atom. The minimum atomic E-state index is -0.820. The predicted molar refractivity (Wildman–Crippen MR) is 145 cm³/mol. The molecular weight excluding hydrogens is 486 g/mol. The molecule has 0 radical (unpaired) electrons. The monoisotopic (exact) mass is 523 g/mol. The van der Waals surface area contributed by atoms with E-state index in [1.54, 1.807) is 16.7 Å². The number of carbonyl (C=O) groups is 3. The van der Waals surface area contributed by atoms with E-state index < -0.39 is 27.4 Å². The lowest BCUT2D eigenvalue weighted by Gasteiger charge is -2.36. The zero-order valence-corrected chi connectivity index (χ0v) is 22.5. The van der Waals surface area contributed by atoms with Gasteiger partial charge in [0.05, 0.1) is 16.6 Å². The van der Waals surface area contributed by atoms with Crippen LogP contribution in [0.5, 0.6) is 0 Å². The van der Waals surface area contributed by atoms with Gasteiger partial charge in [0.15, 0.2) is 0 Å². The third-order valence-corrected chi connectivity index (χ3v) is 10.1. The second kappa shape index (κ2) is 10.3. The van der Waals surface area contributed by atoms with Gasteiger partial charge in [-0.3, -0.25) is 14.4 Å². The predicted octanol–water partition coefficient (Wildman–Crippen LogP) is 2.85. The number of hydrogen-bond donors (Lipinski definition) is 1. The summed E-state index contributed by atoms with van der Waals surface area (Å²) in [6.07, 6.45) is 10.5. The van der Waals surface area contributed by atoms with Crippen molar-refractivity contribution in [2.45, 2.75) is 55.2 Å². The summed E-state index contributed by atoms with van der Waals surface area (Å²) < 4.78 is -1.42. The number of aliphatic hydroxyl groups excluding tert-OH is 1. The van der Waals surface area contributed by atoms with Gasteiger partial charge in [0, 0.05) is 44.1 Å². The van der Waals surface area contributed by atoms with E-state index in [4.69, 9.17) is 0 Å². The van der Waals surface area contributed by atoms with Crippen molar-refractivity contribution in [1.82, 2.24) is 14.7 Å². The molecule has 7 nitrogen and oxygen atoms in total. The first-order valence-electron chi connectivity index (χ1n) is 13.4. The smallest absolute Gasteiger partial charge is 0.247 e. The molecule has 0 bridgehead atoms. The molecule has 5 rings (SSSR count). The van der Waals surface area contributed by atoms with E-state index in [1.165, 1.54) is 0 Å². The maximum absolute atomic E-state index is 14.2. The maximum atomic E-state index is 14.2. The summed E-state index contributed by atoms with van der Waals surface area (Å²) in [5.41, 5.74) is 1.05. The molecule has 4 aliphatic rings. The fourth-order valence-electron chi connectivity index (χ4n) is 6.60. The van der Waals surface area contributed by atoms with Crippen molar-refractivity contribution in [3.8, 4) is 0 Å². The van der Waals surface area contributed by atoms with Crippen molar-refractivity contribution in [3.05, 3.63) is 60.2 Å². The summed E-state index contributed by atoms with van der Waals surface area (Å²) in [5, 5.41) is 9.56. The van der Waals surface area contributed by atoms with Gasteiger partial charge in [-0.25, -0.2) is 0 Å². The summed E-state index contributed by atoms with van der Waals surface area (Å²) in [5.74, 6) is -1.43. The Balaban J connectivity index is 1.55. The van der Waals surface area contributed by atoms with E-state index in [2.05, 4.69) is 26.0 Å². The average Bonchev–Trinajstić information content (AvgIpc) is 3.16. The molecular formula is C29H37N3O4S. The molecule has 198 valence electrons. The Hall–Kier alpha value is -2.58. The zero-order chi connectivity index (χ0) is 26.2. The second-order valence-corrected chi connectivity index (χ2v) is 12.5. The van der Waals surface area contributed by atoms with Gasteiger partial charge in [-0.1, -0.05) is 68.0 Å². The highest BCUT2D eigenvalue weighted by atomic mass is 32.2. The quantitative estimate of drug-likeness (QED) is 0.530. The van der Waals surface area contributed by atoms with Crippen LogP contribution in [0.4, 0.5) is 0 Å². The van der Waals surface area contributed by atoms with Crippen molar-refractivity contribution in [2.24, 2.45) is 11.8 Å². The number of benzene rings is 1. The van der Waals surface area contributed by atoms with Crippen LogP contribution >= 0.6 is 11.8 Å². The second-order valence-electron chi connectivity index (χ2n) is 10.8. The molecule has 0 aliphatic carbocycles. The first-order chi connectivity index (χ1) is 17.9. The molecule has 8 heteroatoms. The summed E-state index contributed by atoms with van der Waals surface area (Å²) in [7, 11) is 0. The minimum absolute atomic E-state index is 0.0326. The highest BCUT2D eigenvalue weighted by Gasteiger charge is 2.73. The van der Waals surface area contributed by atoms with Gasteiger partial charge in [0.2, 0.25) is 17.7 Å². The molecule has 2 saturated heterocycles. The van der Waals surface area contributed by atoms with Crippen LogP contribution in [0.15, 0.2) is 54.6 Å². The molecule has 1 spiro atoms. The van der Waals surface area contributed by atoms with E-state index >= 15 is 0 Å². The molecule has 1 aromatic carbocycles. The fraction of sp³-hybridized carbons (Fsp3) is 0.552. The van der Waals surface area contributed by atoms with Crippen LogP contribution in [0.25, 0.3) is 0 Å². The number of aliphatic hydroxyl groups is 1. The van der Waals surface area contributed by atoms with E-state index in [0.29, 0.717) is 39.1 Å². The minimum Gasteiger partial charge on any atom is -0.396 e. The zero-order valence-electron chi connectivity index (χ0n) is 21.7. The van der Waals surface area contributed by atoms with Crippen LogP contribution in [-0.4, -0.2) is 85.8 Å². The Morgan fingerprint density at radius 3 is 2.38 bits per heavy atom. The van der Waals surface area contributed by atoms with E-state index in [-0.39, 0.29) is 24.3 Å². The van der Waals surface area contributed by atoms with E-state index in [0.717, 1.165) is 18.4 Å². The molecule has 37 heavy (non-hydrogen) atoms. The third-order valence-electron chi connectivity index (χ3n) is 8.28. The first kappa shape index (κ1) is 26.0. The van der Waals surface area contributed by atoms with Crippen molar-refractivity contribution >= 4 is 29.5 Å². The van der Waals surface area contributed by atoms with Gasteiger partial charge in [-0.15, -0.1) is 11.8 Å². The number of likely N-dealkylation sites (tertiary alicyclic amines) is 1. The molecule has 1 unspecified atom stereocenters. The number of rotatable bonds is 8. The normalized spacial score (nSPS) is 32.9. The molecule has 3 amide bonds. The van der Waals surface area contributed by atoms with Gasteiger partial charge in [0.1, 0.15) is 6.04 Å². The Kier molecular flexibility index (Phi) is 7.24. The molecule has 1 N–H and O–H groups in total. The Labute approximate surface area is 223 Å². The van der Waals surface area contributed by atoms with Crippen LogP contribution in [0, 0.1) is 11.8 Å². The average molecular weight is 524 g/mol. The Bertz CT molecular complexity index is 1110. The van der Waals surface area contributed by atoms with Crippen LogP contribution in [0.3, 0.4) is 0 Å². The summed E-state index contributed by atoms with van der Waals surface area (Å²) in [4.78, 5) is 47.8. The maximum Gasteiger partial charge on any atom is 0.247 e. The molecule has 0 aromatic heterocycles. The molecule has 4 aliphatic heterocycles. The Morgan fingerprint density at radius 2 is 1.65 bits per heavy atom. The van der Waals surface area contributed by atoms with Gasteiger partial charge in [-0.2, -0.15) is 0 Å². The van der Waals surface area contributed by atoms with E-state index in [9.17, 15) is 19.5 Å². The summed E-state index contributed by atoms with van der Waals surface area (Å²) in [6.45, 7) is 6.53. The first-order valence-corrected chi connectivity index (χ1v) is 14.3. The van der Waals surface area contributed by atoms with Gasteiger partial charge < -0.3 is 19.8 Å². The highest BCUT2D eigenvalue weighted by Crippen LogP contribution is 2.65.